The second-order valence-electron chi connectivity index (χ2n) is 7.23. The molecular formula is C19H25Cl2NO2. The van der Waals surface area contributed by atoms with E-state index in [1.807, 2.05) is 30.0 Å². The highest BCUT2D eigenvalue weighted by Crippen LogP contribution is 2.37. The van der Waals surface area contributed by atoms with Crippen molar-refractivity contribution in [2.45, 2.75) is 63.5 Å². The minimum absolute atomic E-state index is 0.0330. The normalized spacial score (nSPS) is 30.8. The largest absolute Gasteiger partial charge is 0.390 e. The van der Waals surface area contributed by atoms with Crippen LogP contribution in [-0.4, -0.2) is 34.1 Å². The Bertz CT molecular complexity index is 591. The molecule has 1 aromatic carbocycles. The van der Waals surface area contributed by atoms with Crippen LogP contribution >= 0.6 is 23.2 Å². The van der Waals surface area contributed by atoms with E-state index in [4.69, 9.17) is 23.2 Å². The van der Waals surface area contributed by atoms with E-state index >= 15 is 0 Å². The van der Waals surface area contributed by atoms with Crippen molar-refractivity contribution < 1.29 is 9.90 Å². The van der Waals surface area contributed by atoms with E-state index in [0.717, 1.165) is 50.6 Å². The fraction of sp³-hybridized carbons (Fsp3) is 0.632. The van der Waals surface area contributed by atoms with Gasteiger partial charge < -0.3 is 10.0 Å². The fourth-order valence-electron chi connectivity index (χ4n) is 4.09. The summed E-state index contributed by atoms with van der Waals surface area (Å²) in [7, 11) is 0. The molecule has 1 N–H and O–H groups in total. The quantitative estimate of drug-likeness (QED) is 0.850. The van der Waals surface area contributed by atoms with E-state index in [9.17, 15) is 9.90 Å². The van der Waals surface area contributed by atoms with Crippen molar-refractivity contribution in [3.8, 4) is 0 Å². The molecule has 0 spiro atoms. The molecule has 1 atom stereocenters. The number of likely N-dealkylation sites (tertiary alicyclic amines) is 1. The number of hydrogen-bond acceptors (Lipinski definition) is 2. The van der Waals surface area contributed by atoms with E-state index in [1.54, 1.807) is 0 Å². The smallest absolute Gasteiger partial charge is 0.226 e. The van der Waals surface area contributed by atoms with Gasteiger partial charge in [0.1, 0.15) is 0 Å². The van der Waals surface area contributed by atoms with Crippen molar-refractivity contribution in [2.75, 3.05) is 6.54 Å². The first-order valence-electron chi connectivity index (χ1n) is 8.89. The molecule has 1 saturated heterocycles. The Hall–Kier alpha value is -0.770. The number of hydrogen-bond donors (Lipinski definition) is 1. The van der Waals surface area contributed by atoms with Crippen molar-refractivity contribution >= 4 is 29.1 Å². The summed E-state index contributed by atoms with van der Waals surface area (Å²) in [6, 6.07) is 5.75. The minimum atomic E-state index is -0.524. The summed E-state index contributed by atoms with van der Waals surface area (Å²) in [4.78, 5) is 14.9. The van der Waals surface area contributed by atoms with Crippen LogP contribution in [0, 0.1) is 5.92 Å². The lowest BCUT2D eigenvalue weighted by Gasteiger charge is -2.39. The zero-order valence-corrected chi connectivity index (χ0v) is 15.6. The molecule has 1 unspecified atom stereocenters. The summed E-state index contributed by atoms with van der Waals surface area (Å²) in [5.41, 5.74) is 0.356. The molecule has 0 radical (unpaired) electrons. The van der Waals surface area contributed by atoms with E-state index in [0.29, 0.717) is 16.5 Å². The molecule has 3 rings (SSSR count). The molecule has 1 saturated carbocycles. The molecule has 132 valence electrons. The first-order chi connectivity index (χ1) is 11.4. The van der Waals surface area contributed by atoms with Gasteiger partial charge in [-0.2, -0.15) is 0 Å². The van der Waals surface area contributed by atoms with Gasteiger partial charge in [-0.15, -0.1) is 0 Å². The van der Waals surface area contributed by atoms with Gasteiger partial charge in [-0.25, -0.2) is 0 Å². The second kappa shape index (κ2) is 7.23. The molecule has 0 aromatic heterocycles. The van der Waals surface area contributed by atoms with Crippen LogP contribution in [0.4, 0.5) is 0 Å². The molecule has 1 aliphatic heterocycles. The number of benzene rings is 1. The molecule has 3 nitrogen and oxygen atoms in total. The first kappa shape index (κ1) is 18.0. The Morgan fingerprint density at radius 1 is 1.21 bits per heavy atom. The van der Waals surface area contributed by atoms with E-state index in [1.165, 1.54) is 0 Å². The van der Waals surface area contributed by atoms with Crippen LogP contribution in [0.25, 0.3) is 0 Å². The molecule has 2 fully saturated rings. The van der Waals surface area contributed by atoms with Gasteiger partial charge in [-0.3, -0.25) is 4.79 Å². The van der Waals surface area contributed by atoms with Crippen LogP contribution in [0.15, 0.2) is 18.2 Å². The molecule has 24 heavy (non-hydrogen) atoms. The Kier molecular flexibility index (Phi) is 5.43. The summed E-state index contributed by atoms with van der Waals surface area (Å²) in [5.74, 6) is 0.187. The van der Waals surface area contributed by atoms with Crippen LogP contribution in [0.5, 0.6) is 0 Å². The third-order valence-corrected chi connectivity index (χ3v) is 6.56. The lowest BCUT2D eigenvalue weighted by molar-refractivity contribution is -0.134. The zero-order valence-electron chi connectivity index (χ0n) is 14.1. The summed E-state index contributed by atoms with van der Waals surface area (Å²) in [6.07, 6.45) is 5.64. The van der Waals surface area contributed by atoms with Gasteiger partial charge in [0.15, 0.2) is 0 Å². The van der Waals surface area contributed by atoms with Gasteiger partial charge in [0.2, 0.25) is 5.91 Å². The molecule has 2 aliphatic rings. The van der Waals surface area contributed by atoms with Crippen LogP contribution < -0.4 is 0 Å². The summed E-state index contributed by atoms with van der Waals surface area (Å²) >= 11 is 12.5. The highest BCUT2D eigenvalue weighted by molar-refractivity contribution is 6.36. The molecule has 5 heteroatoms. The predicted octanol–water partition coefficient (Wildman–Crippen LogP) is 4.47. The number of carbonyl (C=O) groups is 1. The molecule has 1 aliphatic carbocycles. The maximum atomic E-state index is 12.8. The molecule has 1 amide bonds. The van der Waals surface area contributed by atoms with Crippen molar-refractivity contribution in [1.82, 2.24) is 4.90 Å². The zero-order chi connectivity index (χ0) is 17.3. The Morgan fingerprint density at radius 3 is 2.42 bits per heavy atom. The lowest BCUT2D eigenvalue weighted by Crippen LogP contribution is -2.44. The lowest BCUT2D eigenvalue weighted by atomic mass is 9.80. The second-order valence-corrected chi connectivity index (χ2v) is 8.05. The van der Waals surface area contributed by atoms with Crippen LogP contribution in [0.2, 0.25) is 10.0 Å². The number of nitrogens with zero attached hydrogens (tertiary/aromatic N) is 1. The molecular weight excluding hydrogens is 345 g/mol. The van der Waals surface area contributed by atoms with Gasteiger partial charge >= 0.3 is 0 Å². The van der Waals surface area contributed by atoms with Gasteiger partial charge in [-0.1, -0.05) is 36.2 Å². The molecule has 0 bridgehead atoms. The number of carbonyl (C=O) groups excluding carboxylic acids is 1. The number of rotatable bonds is 4. The van der Waals surface area contributed by atoms with Crippen molar-refractivity contribution in [1.29, 1.82) is 0 Å². The van der Waals surface area contributed by atoms with Crippen molar-refractivity contribution in [2.24, 2.45) is 5.92 Å². The van der Waals surface area contributed by atoms with E-state index in [-0.39, 0.29) is 17.9 Å². The van der Waals surface area contributed by atoms with Gasteiger partial charge in [-0.05, 0) is 62.6 Å². The van der Waals surface area contributed by atoms with Crippen LogP contribution in [0.3, 0.4) is 0 Å². The number of halogens is 2. The van der Waals surface area contributed by atoms with Crippen molar-refractivity contribution in [3.05, 3.63) is 33.8 Å². The maximum Gasteiger partial charge on any atom is 0.226 e. The number of aliphatic hydroxyl groups is 1. The van der Waals surface area contributed by atoms with Crippen molar-refractivity contribution in [3.63, 3.8) is 0 Å². The average Bonchev–Trinajstić information content (AvgIpc) is 2.93. The first-order valence-corrected chi connectivity index (χ1v) is 9.65. The SMILES string of the molecule is CCC1(O)CCC(N2CCC(Cc3c(Cl)cccc3Cl)C2=O)CC1. The average molecular weight is 370 g/mol. The topological polar surface area (TPSA) is 40.5 Å². The van der Waals surface area contributed by atoms with Crippen LogP contribution in [0.1, 0.15) is 51.0 Å². The maximum absolute atomic E-state index is 12.8. The van der Waals surface area contributed by atoms with E-state index < -0.39 is 5.60 Å². The fourth-order valence-corrected chi connectivity index (χ4v) is 4.65. The highest BCUT2D eigenvalue weighted by Gasteiger charge is 2.40. The molecule has 1 heterocycles. The molecule has 1 aromatic rings. The Morgan fingerprint density at radius 2 is 1.83 bits per heavy atom. The van der Waals surface area contributed by atoms with Gasteiger partial charge in [0.05, 0.1) is 5.60 Å². The van der Waals surface area contributed by atoms with Crippen LogP contribution in [-0.2, 0) is 11.2 Å². The third kappa shape index (κ3) is 3.58. The number of amides is 1. The third-order valence-electron chi connectivity index (χ3n) is 5.85. The Balaban J connectivity index is 1.64. The standard InChI is InChI=1S/C19H25Cl2NO2/c1-2-19(24)9-6-14(7-10-19)22-11-8-13(18(22)23)12-15-16(20)4-3-5-17(15)21/h3-5,13-14,24H,2,6-12H2,1H3. The minimum Gasteiger partial charge on any atom is -0.390 e. The summed E-state index contributed by atoms with van der Waals surface area (Å²) in [6.45, 7) is 2.84. The predicted molar refractivity (Wildman–Crippen MR) is 97.5 cm³/mol. The monoisotopic (exact) mass is 369 g/mol. The highest BCUT2D eigenvalue weighted by atomic mass is 35.5. The summed E-state index contributed by atoms with van der Waals surface area (Å²) < 4.78 is 0. The Labute approximate surface area is 153 Å². The van der Waals surface area contributed by atoms with E-state index in [2.05, 4.69) is 0 Å². The van der Waals surface area contributed by atoms with Gasteiger partial charge in [0.25, 0.3) is 0 Å². The summed E-state index contributed by atoms with van der Waals surface area (Å²) in [5, 5.41) is 11.7. The van der Waals surface area contributed by atoms with Gasteiger partial charge in [0, 0.05) is 28.5 Å².